The van der Waals surface area contributed by atoms with Crippen molar-refractivity contribution in [1.82, 2.24) is 4.90 Å². The Kier molecular flexibility index (Phi) is 8.80. The molecule has 0 bridgehead atoms. The van der Waals surface area contributed by atoms with Gasteiger partial charge in [-0.2, -0.15) is 0 Å². The fraction of sp³-hybridized carbons (Fsp3) is 0.667. The number of carbonyl (C=O) groups excluding carboxylic acids is 1. The van der Waals surface area contributed by atoms with Crippen molar-refractivity contribution in [2.24, 2.45) is 0 Å². The lowest BCUT2D eigenvalue weighted by atomic mass is 10.5. The summed E-state index contributed by atoms with van der Waals surface area (Å²) in [4.78, 5) is 11.7. The Morgan fingerprint density at radius 3 is 2.67 bits per heavy atom. The minimum atomic E-state index is -1.07. The molecule has 0 fully saturated rings. The number of hydrogen-bond acceptors (Lipinski definition) is 3. The third-order valence-electron chi connectivity index (χ3n) is 1.53. The van der Waals surface area contributed by atoms with Crippen LogP contribution >= 0.6 is 23.2 Å². The molecule has 88 valence electrons. The van der Waals surface area contributed by atoms with Crippen molar-refractivity contribution in [3.8, 4) is 0 Å². The minimum absolute atomic E-state index is 0.129. The summed E-state index contributed by atoms with van der Waals surface area (Å²) < 4.78 is 9.97. The Bertz CT molecular complexity index is 200. The molecule has 0 saturated heterocycles. The first-order valence-electron chi connectivity index (χ1n) is 4.38. The Morgan fingerprint density at radius 1 is 1.53 bits per heavy atom. The van der Waals surface area contributed by atoms with Crippen LogP contribution in [0.1, 0.15) is 0 Å². The molecule has 0 rings (SSSR count). The molecule has 1 amide bonds. The average molecular weight is 256 g/mol. The SMILES string of the molecule is C=CCN(COCCOC)C(=O)C(Cl)Cl. The van der Waals surface area contributed by atoms with Crippen molar-refractivity contribution in [3.05, 3.63) is 12.7 Å². The Hall–Kier alpha value is -0.290. The molecule has 0 aliphatic rings. The third-order valence-corrected chi connectivity index (χ3v) is 1.90. The zero-order valence-electron chi connectivity index (χ0n) is 8.62. The number of ether oxygens (including phenoxy) is 2. The molecule has 0 unspecified atom stereocenters. The van der Waals surface area contributed by atoms with Crippen LogP contribution < -0.4 is 0 Å². The molecular weight excluding hydrogens is 241 g/mol. The summed E-state index contributed by atoms with van der Waals surface area (Å²) in [7, 11) is 1.57. The van der Waals surface area contributed by atoms with Crippen molar-refractivity contribution in [1.29, 1.82) is 0 Å². The quantitative estimate of drug-likeness (QED) is 0.285. The van der Waals surface area contributed by atoms with E-state index in [-0.39, 0.29) is 6.73 Å². The summed E-state index contributed by atoms with van der Waals surface area (Å²) in [5.74, 6) is -0.393. The minimum Gasteiger partial charge on any atom is -0.382 e. The molecule has 15 heavy (non-hydrogen) atoms. The van der Waals surface area contributed by atoms with Crippen LogP contribution in [0.4, 0.5) is 0 Å². The maximum absolute atomic E-state index is 11.4. The largest absolute Gasteiger partial charge is 0.382 e. The molecule has 0 saturated carbocycles. The van der Waals surface area contributed by atoms with E-state index < -0.39 is 10.7 Å². The number of nitrogens with zero attached hydrogens (tertiary/aromatic N) is 1. The number of methoxy groups -OCH3 is 1. The van der Waals surface area contributed by atoms with Crippen LogP contribution in [0, 0.1) is 0 Å². The highest BCUT2D eigenvalue weighted by Crippen LogP contribution is 2.07. The zero-order chi connectivity index (χ0) is 11.7. The van der Waals surface area contributed by atoms with E-state index in [0.29, 0.717) is 19.8 Å². The lowest BCUT2D eigenvalue weighted by molar-refractivity contribution is -0.134. The van der Waals surface area contributed by atoms with E-state index in [0.717, 1.165) is 0 Å². The third kappa shape index (κ3) is 6.73. The summed E-state index contributed by atoms with van der Waals surface area (Å²) in [6.45, 7) is 4.89. The van der Waals surface area contributed by atoms with Crippen molar-refractivity contribution < 1.29 is 14.3 Å². The molecule has 0 aliphatic heterocycles. The van der Waals surface area contributed by atoms with Gasteiger partial charge in [-0.3, -0.25) is 4.79 Å². The van der Waals surface area contributed by atoms with E-state index in [2.05, 4.69) is 6.58 Å². The van der Waals surface area contributed by atoms with Gasteiger partial charge in [0.1, 0.15) is 6.73 Å². The molecule has 0 radical (unpaired) electrons. The first-order valence-corrected chi connectivity index (χ1v) is 5.25. The summed E-state index contributed by atoms with van der Waals surface area (Å²) in [5.41, 5.74) is 0. The maximum Gasteiger partial charge on any atom is 0.257 e. The van der Waals surface area contributed by atoms with E-state index in [1.54, 1.807) is 13.2 Å². The predicted molar refractivity (Wildman–Crippen MR) is 60.1 cm³/mol. The van der Waals surface area contributed by atoms with Crippen LogP contribution in [0.5, 0.6) is 0 Å². The van der Waals surface area contributed by atoms with Gasteiger partial charge in [0.15, 0.2) is 4.84 Å². The standard InChI is InChI=1S/C9H15Cl2NO3/c1-3-4-12(9(13)8(10)11)7-15-6-5-14-2/h3,8H,1,4-7H2,2H3. The first-order chi connectivity index (χ1) is 7.13. The summed E-state index contributed by atoms with van der Waals surface area (Å²) in [5, 5.41) is 0. The zero-order valence-corrected chi connectivity index (χ0v) is 10.1. The van der Waals surface area contributed by atoms with E-state index >= 15 is 0 Å². The second-order valence-electron chi connectivity index (χ2n) is 2.68. The monoisotopic (exact) mass is 255 g/mol. The molecular formula is C9H15Cl2NO3. The van der Waals surface area contributed by atoms with E-state index in [1.165, 1.54) is 4.90 Å². The first kappa shape index (κ1) is 14.7. The summed E-state index contributed by atoms with van der Waals surface area (Å²) in [6.07, 6.45) is 1.58. The summed E-state index contributed by atoms with van der Waals surface area (Å²) in [6, 6.07) is 0. The summed E-state index contributed by atoms with van der Waals surface area (Å²) >= 11 is 10.9. The molecule has 0 N–H and O–H groups in total. The van der Waals surface area contributed by atoms with Crippen LogP contribution in [0.25, 0.3) is 0 Å². The van der Waals surface area contributed by atoms with Crippen LogP contribution in [0.2, 0.25) is 0 Å². The van der Waals surface area contributed by atoms with Crippen LogP contribution in [-0.4, -0.2) is 49.2 Å². The highest BCUT2D eigenvalue weighted by atomic mass is 35.5. The fourth-order valence-corrected chi connectivity index (χ4v) is 1.09. The Morgan fingerprint density at radius 2 is 2.20 bits per heavy atom. The topological polar surface area (TPSA) is 38.8 Å². The molecule has 4 nitrogen and oxygen atoms in total. The van der Waals surface area contributed by atoms with E-state index in [9.17, 15) is 4.79 Å². The van der Waals surface area contributed by atoms with Gasteiger partial charge in [0.2, 0.25) is 0 Å². The fourth-order valence-electron chi connectivity index (χ4n) is 0.817. The number of amides is 1. The molecule has 0 aromatic carbocycles. The number of hydrogen-bond donors (Lipinski definition) is 0. The van der Waals surface area contributed by atoms with Crippen LogP contribution in [-0.2, 0) is 14.3 Å². The Balaban J connectivity index is 3.93. The number of carbonyl (C=O) groups is 1. The van der Waals surface area contributed by atoms with Gasteiger partial charge in [-0.25, -0.2) is 0 Å². The highest BCUT2D eigenvalue weighted by molar-refractivity contribution is 6.53. The van der Waals surface area contributed by atoms with Crippen molar-refractivity contribution in [3.63, 3.8) is 0 Å². The molecule has 0 aliphatic carbocycles. The molecule has 0 spiro atoms. The van der Waals surface area contributed by atoms with Crippen molar-refractivity contribution in [2.45, 2.75) is 4.84 Å². The number of halogens is 2. The number of alkyl halides is 2. The highest BCUT2D eigenvalue weighted by Gasteiger charge is 2.18. The van der Waals surface area contributed by atoms with Gasteiger partial charge in [0.05, 0.1) is 13.2 Å². The van der Waals surface area contributed by atoms with Gasteiger partial charge < -0.3 is 14.4 Å². The predicted octanol–water partition coefficient (Wildman–Crippen LogP) is 1.43. The van der Waals surface area contributed by atoms with Gasteiger partial charge >= 0.3 is 0 Å². The second-order valence-corrected chi connectivity index (χ2v) is 3.78. The van der Waals surface area contributed by atoms with Gasteiger partial charge in [-0.1, -0.05) is 29.3 Å². The molecule has 0 aromatic heterocycles. The van der Waals surface area contributed by atoms with Gasteiger partial charge in [-0.15, -0.1) is 6.58 Å². The van der Waals surface area contributed by atoms with E-state index in [4.69, 9.17) is 32.7 Å². The van der Waals surface area contributed by atoms with E-state index in [1.807, 2.05) is 0 Å². The molecule has 6 heteroatoms. The lowest BCUT2D eigenvalue weighted by Gasteiger charge is -2.21. The number of rotatable bonds is 8. The molecule has 0 aromatic rings. The second kappa shape index (κ2) is 8.97. The lowest BCUT2D eigenvalue weighted by Crippen LogP contribution is -2.37. The van der Waals surface area contributed by atoms with Crippen molar-refractivity contribution >= 4 is 29.1 Å². The Labute approximate surface area is 99.7 Å². The maximum atomic E-state index is 11.4. The van der Waals surface area contributed by atoms with Gasteiger partial charge in [-0.05, 0) is 0 Å². The molecule has 0 heterocycles. The average Bonchev–Trinajstić information content (AvgIpc) is 2.21. The van der Waals surface area contributed by atoms with Crippen LogP contribution in [0.3, 0.4) is 0 Å². The van der Waals surface area contributed by atoms with Crippen molar-refractivity contribution in [2.75, 3.05) is 33.6 Å². The van der Waals surface area contributed by atoms with Crippen LogP contribution in [0.15, 0.2) is 12.7 Å². The van der Waals surface area contributed by atoms with Gasteiger partial charge in [0, 0.05) is 13.7 Å². The smallest absolute Gasteiger partial charge is 0.257 e. The normalized spacial score (nSPS) is 10.4. The van der Waals surface area contributed by atoms with Gasteiger partial charge in [0.25, 0.3) is 5.91 Å². The molecule has 0 atom stereocenters.